The van der Waals surface area contributed by atoms with Crippen molar-refractivity contribution in [1.82, 2.24) is 24.6 Å². The molecule has 2 aromatic heterocycles. The van der Waals surface area contributed by atoms with Gasteiger partial charge >= 0.3 is 0 Å². The number of nitrogens with two attached hydrogens (primary N) is 1. The van der Waals surface area contributed by atoms with E-state index in [1.54, 1.807) is 4.90 Å². The van der Waals surface area contributed by atoms with Crippen LogP contribution in [-0.4, -0.2) is 47.4 Å². The normalized spacial score (nSPS) is 16.9. The van der Waals surface area contributed by atoms with E-state index in [9.17, 15) is 4.79 Å². The van der Waals surface area contributed by atoms with Crippen LogP contribution in [0.5, 0.6) is 11.5 Å². The lowest BCUT2D eigenvalue weighted by molar-refractivity contribution is -0.116. The van der Waals surface area contributed by atoms with Crippen LogP contribution >= 0.6 is 34.8 Å². The number of carbonyl (C=O) groups is 1. The highest BCUT2D eigenvalue weighted by Crippen LogP contribution is 2.38. The first-order valence-corrected chi connectivity index (χ1v) is 12.1. The first kappa shape index (κ1) is 23.8. The molecule has 0 spiro atoms. The van der Waals surface area contributed by atoms with Crippen molar-refractivity contribution in [2.45, 2.75) is 23.3 Å². The van der Waals surface area contributed by atoms with E-state index in [0.717, 1.165) is 24.2 Å². The molecule has 1 unspecified atom stereocenters. The lowest BCUT2D eigenvalue weighted by Crippen LogP contribution is -2.49. The molecule has 0 aliphatic carbocycles. The minimum Gasteiger partial charge on any atom is -0.457 e. The summed E-state index contributed by atoms with van der Waals surface area (Å²) in [6.07, 6.45) is 2.95. The fraction of sp³-hybridized carbons (Fsp3) is 0.250. The van der Waals surface area contributed by atoms with Crippen molar-refractivity contribution in [2.24, 2.45) is 0 Å². The van der Waals surface area contributed by atoms with Gasteiger partial charge in [0.25, 0.3) is 5.24 Å². The number of rotatable bonds is 6. The molecule has 0 radical (unpaired) electrons. The van der Waals surface area contributed by atoms with Gasteiger partial charge in [-0.25, -0.2) is 14.6 Å². The maximum absolute atomic E-state index is 11.8. The van der Waals surface area contributed by atoms with Crippen LogP contribution in [0.15, 0.2) is 60.9 Å². The molecular weight excluding hydrogens is 511 g/mol. The van der Waals surface area contributed by atoms with Crippen LogP contribution in [0.1, 0.15) is 18.9 Å². The van der Waals surface area contributed by atoms with Crippen LogP contribution in [0.3, 0.4) is 0 Å². The molecule has 35 heavy (non-hydrogen) atoms. The zero-order valence-electron chi connectivity index (χ0n) is 18.4. The summed E-state index contributed by atoms with van der Waals surface area (Å²) in [6.45, 7) is 0.906. The molecule has 5 rings (SSSR count). The van der Waals surface area contributed by atoms with E-state index in [-0.39, 0.29) is 6.04 Å². The van der Waals surface area contributed by atoms with E-state index in [2.05, 4.69) is 9.97 Å². The second kappa shape index (κ2) is 9.62. The van der Waals surface area contributed by atoms with Crippen LogP contribution in [0.2, 0.25) is 0 Å². The molecule has 0 saturated carbocycles. The van der Waals surface area contributed by atoms with Crippen molar-refractivity contribution in [1.29, 1.82) is 0 Å². The largest absolute Gasteiger partial charge is 0.457 e. The molecule has 8 nitrogen and oxygen atoms in total. The Morgan fingerprint density at radius 1 is 1.06 bits per heavy atom. The SMILES string of the molecule is Nc1ncnc2c1c(-c1ccc(Oc3ccccc3)cc1)nn2C1CCCN(C(Cl)(Cl)C(=O)Cl)C1. The average molecular weight is 532 g/mol. The summed E-state index contributed by atoms with van der Waals surface area (Å²) in [4.78, 5) is 22.1. The number of piperidine rings is 1. The number of benzene rings is 2. The van der Waals surface area contributed by atoms with Crippen molar-refractivity contribution >= 4 is 56.9 Å². The van der Waals surface area contributed by atoms with Crippen molar-refractivity contribution in [2.75, 3.05) is 18.8 Å². The second-order valence-corrected chi connectivity index (χ2v) is 9.88. The number of aromatic nitrogens is 4. The molecule has 1 aliphatic heterocycles. The summed E-state index contributed by atoms with van der Waals surface area (Å²) in [7, 11) is 0. The number of ether oxygens (including phenoxy) is 1. The molecule has 1 fully saturated rings. The van der Waals surface area contributed by atoms with Gasteiger partial charge in [0.05, 0.1) is 11.4 Å². The van der Waals surface area contributed by atoms with Crippen molar-refractivity contribution in [3.8, 4) is 22.8 Å². The molecule has 1 atom stereocenters. The monoisotopic (exact) mass is 530 g/mol. The highest BCUT2D eigenvalue weighted by molar-refractivity contribution is 6.78. The van der Waals surface area contributed by atoms with Gasteiger partial charge < -0.3 is 10.5 Å². The Balaban J connectivity index is 1.49. The zero-order chi connectivity index (χ0) is 24.6. The maximum atomic E-state index is 11.8. The summed E-state index contributed by atoms with van der Waals surface area (Å²) in [6, 6.07) is 17.0. The number of para-hydroxylation sites is 1. The van der Waals surface area contributed by atoms with Crippen molar-refractivity contribution in [3.63, 3.8) is 0 Å². The molecule has 0 amide bonds. The van der Waals surface area contributed by atoms with E-state index in [0.29, 0.717) is 41.4 Å². The van der Waals surface area contributed by atoms with Gasteiger partial charge in [0.2, 0.25) is 4.46 Å². The van der Waals surface area contributed by atoms with E-state index in [4.69, 9.17) is 50.4 Å². The highest BCUT2D eigenvalue weighted by Gasteiger charge is 2.42. The fourth-order valence-electron chi connectivity index (χ4n) is 4.29. The van der Waals surface area contributed by atoms with Crippen molar-refractivity contribution in [3.05, 3.63) is 60.9 Å². The standard InChI is InChI=1S/C24H21Cl3N6O2/c25-23(34)24(26,27)32-12-4-5-16(13-32)33-22-19(21(28)29-14-30-22)20(31-33)15-8-10-18(11-9-15)35-17-6-2-1-3-7-17/h1-3,6-11,14,16H,4-5,12-13H2,(H2,28,29,30). The number of likely N-dealkylation sites (tertiary alicyclic amines) is 1. The number of carbonyl (C=O) groups excluding carboxylic acids is 1. The number of nitrogens with zero attached hydrogens (tertiary/aromatic N) is 5. The molecule has 1 saturated heterocycles. The number of halogens is 3. The van der Waals surface area contributed by atoms with E-state index < -0.39 is 9.70 Å². The summed E-state index contributed by atoms with van der Waals surface area (Å²) in [5.74, 6) is 1.77. The number of hydrogen-bond acceptors (Lipinski definition) is 7. The van der Waals surface area contributed by atoms with Gasteiger partial charge in [0, 0.05) is 18.7 Å². The molecular formula is C24H21Cl3N6O2. The molecule has 180 valence electrons. The molecule has 3 heterocycles. The zero-order valence-corrected chi connectivity index (χ0v) is 20.7. The van der Waals surface area contributed by atoms with Crippen LogP contribution in [-0.2, 0) is 4.79 Å². The predicted molar refractivity (Wildman–Crippen MR) is 137 cm³/mol. The predicted octanol–water partition coefficient (Wildman–Crippen LogP) is 5.40. The van der Waals surface area contributed by atoms with Gasteiger partial charge in [-0.1, -0.05) is 41.4 Å². The number of anilines is 1. The number of alkyl halides is 2. The molecule has 1 aliphatic rings. The number of hydrogen-bond donors (Lipinski definition) is 1. The van der Waals surface area contributed by atoms with E-state index >= 15 is 0 Å². The Hall–Kier alpha value is -2.91. The first-order chi connectivity index (χ1) is 16.8. The smallest absolute Gasteiger partial charge is 0.273 e. The highest BCUT2D eigenvalue weighted by atomic mass is 35.5. The summed E-state index contributed by atoms with van der Waals surface area (Å²) in [5.41, 5.74) is 8.34. The lowest BCUT2D eigenvalue weighted by atomic mass is 10.1. The Morgan fingerprint density at radius 2 is 1.77 bits per heavy atom. The quantitative estimate of drug-likeness (QED) is 0.202. The van der Waals surface area contributed by atoms with Gasteiger partial charge in [-0.3, -0.25) is 9.69 Å². The number of fused-ring (bicyclic) bond motifs is 1. The first-order valence-electron chi connectivity index (χ1n) is 11.0. The van der Waals surface area contributed by atoms with E-state index in [1.165, 1.54) is 6.33 Å². The summed E-state index contributed by atoms with van der Waals surface area (Å²) >= 11 is 18.1. The van der Waals surface area contributed by atoms with Crippen LogP contribution < -0.4 is 10.5 Å². The minimum atomic E-state index is -1.81. The average Bonchev–Trinajstić information content (AvgIpc) is 3.26. The van der Waals surface area contributed by atoms with Gasteiger partial charge in [-0.15, -0.1) is 0 Å². The Bertz CT molecular complexity index is 1360. The minimum absolute atomic E-state index is 0.150. The molecule has 4 aromatic rings. The summed E-state index contributed by atoms with van der Waals surface area (Å²) < 4.78 is 5.90. The summed E-state index contributed by atoms with van der Waals surface area (Å²) in [5, 5.41) is 4.70. The third-order valence-electron chi connectivity index (χ3n) is 6.00. The third kappa shape index (κ3) is 4.67. The van der Waals surface area contributed by atoms with Gasteiger partial charge in [-0.05, 0) is 60.8 Å². The maximum Gasteiger partial charge on any atom is 0.273 e. The second-order valence-electron chi connectivity index (χ2n) is 8.25. The third-order valence-corrected chi connectivity index (χ3v) is 7.29. The van der Waals surface area contributed by atoms with Crippen molar-refractivity contribution < 1.29 is 9.53 Å². The van der Waals surface area contributed by atoms with E-state index in [1.807, 2.05) is 59.3 Å². The van der Waals surface area contributed by atoms with Gasteiger partial charge in [-0.2, -0.15) is 5.10 Å². The van der Waals surface area contributed by atoms with Gasteiger partial charge in [0.15, 0.2) is 5.65 Å². The fourth-order valence-corrected chi connectivity index (χ4v) is 4.72. The van der Waals surface area contributed by atoms with Crippen LogP contribution in [0.25, 0.3) is 22.3 Å². The lowest BCUT2D eigenvalue weighted by Gasteiger charge is -2.38. The molecule has 0 bridgehead atoms. The van der Waals surface area contributed by atoms with Gasteiger partial charge in [0.1, 0.15) is 29.3 Å². The Labute approximate surface area is 216 Å². The molecule has 2 N–H and O–H groups in total. The molecule has 2 aromatic carbocycles. The number of nitrogen functional groups attached to an aromatic ring is 1. The Morgan fingerprint density at radius 3 is 2.49 bits per heavy atom. The van der Waals surface area contributed by atoms with Crippen LogP contribution in [0, 0.1) is 0 Å². The Kier molecular flexibility index (Phi) is 6.55. The van der Waals surface area contributed by atoms with Crippen LogP contribution in [0.4, 0.5) is 5.82 Å². The topological polar surface area (TPSA) is 99.2 Å². The molecule has 11 heteroatoms.